The quantitative estimate of drug-likeness (QED) is 0.467. The molecule has 1 rings (SSSR count). The highest BCUT2D eigenvalue weighted by Gasteiger charge is 2.26. The number of ether oxygens (including phenoxy) is 2. The van der Waals surface area contributed by atoms with Gasteiger partial charge in [0.05, 0.1) is 19.8 Å². The van der Waals surface area contributed by atoms with Gasteiger partial charge < -0.3 is 20.1 Å². The minimum absolute atomic E-state index is 0.299. The van der Waals surface area contributed by atoms with Gasteiger partial charge in [-0.15, -0.1) is 11.3 Å². The largest absolute Gasteiger partial charge is 0.465 e. The molecule has 0 radical (unpaired) electrons. The van der Waals surface area contributed by atoms with Crippen molar-refractivity contribution < 1.29 is 19.1 Å². The smallest absolute Gasteiger partial charge is 0.348 e. The molecule has 1 heterocycles. The van der Waals surface area contributed by atoms with Gasteiger partial charge in [-0.1, -0.05) is 13.3 Å². The van der Waals surface area contributed by atoms with Crippen LogP contribution in [0.3, 0.4) is 0 Å². The minimum atomic E-state index is -0.525. The number of nitrogens with one attached hydrogen (secondary N) is 2. The second kappa shape index (κ2) is 8.70. The fraction of sp³-hybridized carbons (Fsp3) is 0.500. The lowest BCUT2D eigenvalue weighted by atomic mass is 10.1. The van der Waals surface area contributed by atoms with Crippen molar-refractivity contribution in [2.75, 3.05) is 26.1 Å². The van der Waals surface area contributed by atoms with Crippen LogP contribution in [0.4, 0.5) is 5.00 Å². The molecule has 0 bridgehead atoms. The number of methoxy groups -OCH3 is 2. The lowest BCUT2D eigenvalue weighted by molar-refractivity contribution is 0.0601. The van der Waals surface area contributed by atoms with Crippen LogP contribution in [-0.4, -0.2) is 37.8 Å². The Kier molecular flexibility index (Phi) is 7.26. The second-order valence-electron chi connectivity index (χ2n) is 4.48. The minimum Gasteiger partial charge on any atom is -0.465 e. The van der Waals surface area contributed by atoms with E-state index in [1.807, 2.05) is 0 Å². The van der Waals surface area contributed by atoms with E-state index in [4.69, 9.17) is 21.7 Å². The number of carbonyl (C=O) groups is 2. The molecular weight excluding hydrogens is 324 g/mol. The van der Waals surface area contributed by atoms with E-state index in [1.54, 1.807) is 6.92 Å². The van der Waals surface area contributed by atoms with Gasteiger partial charge in [-0.25, -0.2) is 9.59 Å². The zero-order valence-corrected chi connectivity index (χ0v) is 14.7. The number of rotatable bonds is 6. The third kappa shape index (κ3) is 4.41. The number of thiocarbonyl (C=S) groups is 1. The topological polar surface area (TPSA) is 76.7 Å². The van der Waals surface area contributed by atoms with Crippen molar-refractivity contribution in [1.29, 1.82) is 0 Å². The number of thiophene rings is 1. The zero-order valence-electron chi connectivity index (χ0n) is 13.1. The fourth-order valence-corrected chi connectivity index (χ4v) is 3.15. The first-order valence-electron chi connectivity index (χ1n) is 6.81. The van der Waals surface area contributed by atoms with Crippen molar-refractivity contribution in [3.05, 3.63) is 16.0 Å². The van der Waals surface area contributed by atoms with Crippen molar-refractivity contribution in [1.82, 2.24) is 5.32 Å². The molecule has 0 aliphatic carbocycles. The standard InChI is InChI=1S/C14H20N2O4S2/c1-5-6-7-15-14(21)16-11-9(12(17)19-3)8(2)10(22-11)13(18)20-4/h5-7H2,1-4H3,(H2,15,16,21). The van der Waals surface area contributed by atoms with Crippen molar-refractivity contribution in [2.24, 2.45) is 0 Å². The van der Waals surface area contributed by atoms with Gasteiger partial charge in [-0.05, 0) is 31.1 Å². The summed E-state index contributed by atoms with van der Waals surface area (Å²) in [5.41, 5.74) is 0.815. The summed E-state index contributed by atoms with van der Waals surface area (Å²) in [6.07, 6.45) is 2.04. The van der Waals surface area contributed by atoms with Crippen LogP contribution in [0.15, 0.2) is 0 Å². The summed E-state index contributed by atoms with van der Waals surface area (Å²) in [5.74, 6) is -1.02. The molecule has 22 heavy (non-hydrogen) atoms. The molecule has 122 valence electrons. The highest BCUT2D eigenvalue weighted by Crippen LogP contribution is 2.34. The van der Waals surface area contributed by atoms with Crippen LogP contribution in [0.5, 0.6) is 0 Å². The van der Waals surface area contributed by atoms with E-state index in [0.717, 1.165) is 30.7 Å². The van der Waals surface area contributed by atoms with Crippen LogP contribution in [0, 0.1) is 6.92 Å². The number of esters is 2. The van der Waals surface area contributed by atoms with Crippen molar-refractivity contribution in [3.8, 4) is 0 Å². The van der Waals surface area contributed by atoms with Crippen molar-refractivity contribution in [3.63, 3.8) is 0 Å². The van der Waals surface area contributed by atoms with Gasteiger partial charge in [0.25, 0.3) is 0 Å². The average Bonchev–Trinajstić information content (AvgIpc) is 2.82. The van der Waals surface area contributed by atoms with E-state index in [0.29, 0.717) is 26.1 Å². The molecule has 8 heteroatoms. The van der Waals surface area contributed by atoms with E-state index in [9.17, 15) is 9.59 Å². The molecule has 6 nitrogen and oxygen atoms in total. The van der Waals surface area contributed by atoms with Gasteiger partial charge in [0, 0.05) is 6.54 Å². The summed E-state index contributed by atoms with van der Waals surface area (Å²) in [7, 11) is 2.59. The first-order valence-corrected chi connectivity index (χ1v) is 8.03. The lowest BCUT2D eigenvalue weighted by Crippen LogP contribution is -2.29. The molecule has 0 aromatic carbocycles. The van der Waals surface area contributed by atoms with Gasteiger partial charge in [-0.3, -0.25) is 0 Å². The normalized spacial score (nSPS) is 10.0. The molecule has 0 fully saturated rings. The lowest BCUT2D eigenvalue weighted by Gasteiger charge is -2.10. The Bertz CT molecular complexity index is 569. The summed E-state index contributed by atoms with van der Waals surface area (Å²) in [4.78, 5) is 24.1. The molecule has 0 aliphatic rings. The predicted molar refractivity (Wildman–Crippen MR) is 90.9 cm³/mol. The summed E-state index contributed by atoms with van der Waals surface area (Å²) in [6, 6.07) is 0. The monoisotopic (exact) mass is 344 g/mol. The molecule has 0 amide bonds. The first-order chi connectivity index (χ1) is 10.5. The molecule has 0 saturated carbocycles. The van der Waals surface area contributed by atoms with Gasteiger partial charge in [0.1, 0.15) is 9.88 Å². The third-order valence-corrected chi connectivity index (χ3v) is 4.38. The Morgan fingerprint density at radius 2 is 1.86 bits per heavy atom. The van der Waals surface area contributed by atoms with E-state index in [2.05, 4.69) is 17.6 Å². The van der Waals surface area contributed by atoms with Crippen molar-refractivity contribution >= 4 is 45.6 Å². The van der Waals surface area contributed by atoms with E-state index in [1.165, 1.54) is 14.2 Å². The molecule has 0 aliphatic heterocycles. The first kappa shape index (κ1) is 18.4. The molecule has 0 atom stereocenters. The molecule has 0 unspecified atom stereocenters. The molecule has 0 saturated heterocycles. The third-order valence-electron chi connectivity index (χ3n) is 2.95. The van der Waals surface area contributed by atoms with E-state index < -0.39 is 11.9 Å². The number of anilines is 1. The van der Waals surface area contributed by atoms with Crippen LogP contribution in [0.25, 0.3) is 0 Å². The van der Waals surface area contributed by atoms with E-state index >= 15 is 0 Å². The summed E-state index contributed by atoms with van der Waals surface area (Å²) in [6.45, 7) is 4.50. The average molecular weight is 344 g/mol. The Hall–Kier alpha value is -1.67. The number of hydrogen-bond donors (Lipinski definition) is 2. The molecule has 2 N–H and O–H groups in total. The summed E-state index contributed by atoms with van der Waals surface area (Å²) < 4.78 is 9.50. The maximum Gasteiger partial charge on any atom is 0.348 e. The van der Waals surface area contributed by atoms with Gasteiger partial charge in [0.2, 0.25) is 0 Å². The van der Waals surface area contributed by atoms with Gasteiger partial charge >= 0.3 is 11.9 Å². The summed E-state index contributed by atoms with van der Waals surface area (Å²) in [5, 5.41) is 6.87. The van der Waals surface area contributed by atoms with Crippen LogP contribution in [0.2, 0.25) is 0 Å². The highest BCUT2D eigenvalue weighted by atomic mass is 32.1. The predicted octanol–water partition coefficient (Wildman–Crippen LogP) is 2.72. The number of carbonyl (C=O) groups excluding carboxylic acids is 2. The second-order valence-corrected chi connectivity index (χ2v) is 5.91. The van der Waals surface area contributed by atoms with Crippen LogP contribution in [0.1, 0.15) is 45.4 Å². The maximum atomic E-state index is 11.9. The Balaban J connectivity index is 3.04. The van der Waals surface area contributed by atoms with Gasteiger partial charge in [-0.2, -0.15) is 0 Å². The molecule has 1 aromatic rings. The number of unbranched alkanes of at least 4 members (excludes halogenated alkanes) is 1. The fourth-order valence-electron chi connectivity index (χ4n) is 1.76. The maximum absolute atomic E-state index is 11.9. The van der Waals surface area contributed by atoms with E-state index in [-0.39, 0.29) is 0 Å². The van der Waals surface area contributed by atoms with Gasteiger partial charge in [0.15, 0.2) is 5.11 Å². The number of hydrogen-bond acceptors (Lipinski definition) is 6. The highest BCUT2D eigenvalue weighted by molar-refractivity contribution is 7.80. The zero-order chi connectivity index (χ0) is 16.7. The SMILES string of the molecule is CCCCNC(=S)Nc1sc(C(=O)OC)c(C)c1C(=O)OC. The molecular formula is C14H20N2O4S2. The van der Waals surface area contributed by atoms with Crippen LogP contribution < -0.4 is 10.6 Å². The Labute approximate surface area is 139 Å². The summed E-state index contributed by atoms with van der Waals surface area (Å²) >= 11 is 6.31. The van der Waals surface area contributed by atoms with Crippen molar-refractivity contribution in [2.45, 2.75) is 26.7 Å². The molecule has 1 aromatic heterocycles. The Morgan fingerprint density at radius 3 is 2.41 bits per heavy atom. The van der Waals surface area contributed by atoms with Crippen LogP contribution >= 0.6 is 23.6 Å². The molecule has 0 spiro atoms. The van der Waals surface area contributed by atoms with Crippen LogP contribution in [-0.2, 0) is 9.47 Å². The Morgan fingerprint density at radius 1 is 1.23 bits per heavy atom.